The van der Waals surface area contributed by atoms with Crippen molar-refractivity contribution in [1.82, 2.24) is 5.16 Å². The molecule has 0 aliphatic carbocycles. The lowest BCUT2D eigenvalue weighted by Gasteiger charge is -1.76. The summed E-state index contributed by atoms with van der Waals surface area (Å²) >= 11 is 0. The van der Waals surface area contributed by atoms with Crippen molar-refractivity contribution in [3.8, 4) is 0 Å². The summed E-state index contributed by atoms with van der Waals surface area (Å²) in [7, 11) is 0. The molecule has 2 N–H and O–H groups in total. The predicted octanol–water partition coefficient (Wildman–Crippen LogP) is 1.68. The van der Waals surface area contributed by atoms with Gasteiger partial charge in [-0.05, 0) is 12.5 Å². The van der Waals surface area contributed by atoms with Crippen molar-refractivity contribution in [1.29, 1.82) is 0 Å². The van der Waals surface area contributed by atoms with E-state index in [1.54, 1.807) is 6.07 Å². The third kappa shape index (κ3) is 1.62. The molecule has 0 amide bonds. The highest BCUT2D eigenvalue weighted by molar-refractivity contribution is 5.46. The maximum Gasteiger partial charge on any atom is 0.167 e. The summed E-state index contributed by atoms with van der Waals surface area (Å²) < 4.78 is 4.80. The van der Waals surface area contributed by atoms with Gasteiger partial charge in [-0.25, -0.2) is 0 Å². The Kier molecular flexibility index (Phi) is 2.10. The molecule has 0 radical (unpaired) electrons. The predicted molar refractivity (Wildman–Crippen MR) is 40.2 cm³/mol. The Morgan fingerprint density at radius 1 is 1.80 bits per heavy atom. The summed E-state index contributed by atoms with van der Waals surface area (Å²) in [5.41, 5.74) is 5.31. The molecule has 0 aliphatic rings. The van der Waals surface area contributed by atoms with Gasteiger partial charge in [0, 0.05) is 6.07 Å². The van der Waals surface area contributed by atoms with Crippen LogP contribution in [0.3, 0.4) is 0 Å². The first-order valence-electron chi connectivity index (χ1n) is 3.21. The molecule has 0 saturated heterocycles. The maximum absolute atomic E-state index is 5.31. The molecule has 1 aromatic heterocycles. The van der Waals surface area contributed by atoms with Gasteiger partial charge in [0.15, 0.2) is 11.6 Å². The molecule has 3 nitrogen and oxygen atoms in total. The number of rotatable bonds is 2. The van der Waals surface area contributed by atoms with Crippen LogP contribution in [0.25, 0.3) is 6.08 Å². The third-order valence-electron chi connectivity index (χ3n) is 1.06. The number of anilines is 1. The minimum absolute atomic E-state index is 0.427. The number of nitrogens with zero attached hydrogens (tertiary/aromatic N) is 1. The molecular formula is C7H10N2O. The molecule has 54 valence electrons. The smallest absolute Gasteiger partial charge is 0.167 e. The second-order valence-electron chi connectivity index (χ2n) is 1.96. The van der Waals surface area contributed by atoms with E-state index in [-0.39, 0.29) is 0 Å². The van der Waals surface area contributed by atoms with Crippen molar-refractivity contribution in [3.63, 3.8) is 0 Å². The zero-order chi connectivity index (χ0) is 7.40. The highest BCUT2D eigenvalue weighted by Gasteiger charge is 1.93. The summed E-state index contributed by atoms with van der Waals surface area (Å²) in [5, 5.41) is 3.52. The van der Waals surface area contributed by atoms with Gasteiger partial charge >= 0.3 is 0 Å². The normalized spacial score (nSPS) is 10.9. The number of nitrogen functional groups attached to an aromatic ring is 1. The Bertz CT molecular complexity index is 227. The fourth-order valence-electron chi connectivity index (χ4n) is 0.616. The fourth-order valence-corrected chi connectivity index (χ4v) is 0.616. The van der Waals surface area contributed by atoms with Crippen LogP contribution in [0.15, 0.2) is 16.7 Å². The minimum Gasteiger partial charge on any atom is -0.381 e. The quantitative estimate of drug-likeness (QED) is 0.676. The zero-order valence-electron chi connectivity index (χ0n) is 5.87. The first kappa shape index (κ1) is 6.86. The second-order valence-corrected chi connectivity index (χ2v) is 1.96. The van der Waals surface area contributed by atoms with E-state index in [4.69, 9.17) is 10.3 Å². The second kappa shape index (κ2) is 3.06. The van der Waals surface area contributed by atoms with E-state index < -0.39 is 0 Å². The molecule has 0 bridgehead atoms. The van der Waals surface area contributed by atoms with Crippen LogP contribution in [0, 0.1) is 0 Å². The molecule has 10 heavy (non-hydrogen) atoms. The van der Waals surface area contributed by atoms with Crippen molar-refractivity contribution in [2.75, 3.05) is 5.73 Å². The number of allylic oxidation sites excluding steroid dienone is 1. The minimum atomic E-state index is 0.427. The van der Waals surface area contributed by atoms with Gasteiger partial charge in [0.2, 0.25) is 0 Å². The van der Waals surface area contributed by atoms with Gasteiger partial charge < -0.3 is 10.3 Å². The fraction of sp³-hybridized carbons (Fsp3) is 0.286. The van der Waals surface area contributed by atoms with Crippen molar-refractivity contribution in [3.05, 3.63) is 17.9 Å². The molecule has 0 atom stereocenters. The van der Waals surface area contributed by atoms with Crippen LogP contribution in [0.5, 0.6) is 0 Å². The number of aromatic nitrogens is 1. The Balaban J connectivity index is 2.67. The molecule has 1 heterocycles. The van der Waals surface area contributed by atoms with Crippen molar-refractivity contribution in [2.45, 2.75) is 13.3 Å². The van der Waals surface area contributed by atoms with Crippen LogP contribution in [0.4, 0.5) is 5.82 Å². The van der Waals surface area contributed by atoms with E-state index in [2.05, 4.69) is 12.1 Å². The molecule has 0 aromatic carbocycles. The Morgan fingerprint density at radius 3 is 3.10 bits per heavy atom. The monoisotopic (exact) mass is 138 g/mol. The first-order valence-corrected chi connectivity index (χ1v) is 3.21. The molecular weight excluding hydrogens is 128 g/mol. The van der Waals surface area contributed by atoms with E-state index in [0.717, 1.165) is 6.42 Å². The number of nitrogens with two attached hydrogens (primary N) is 1. The Labute approximate surface area is 59.5 Å². The van der Waals surface area contributed by atoms with Gasteiger partial charge in [-0.1, -0.05) is 18.2 Å². The summed E-state index contributed by atoms with van der Waals surface area (Å²) in [5.74, 6) is 1.13. The lowest BCUT2D eigenvalue weighted by molar-refractivity contribution is 0.416. The lowest BCUT2D eigenvalue weighted by atomic mass is 10.3. The molecule has 3 heteroatoms. The van der Waals surface area contributed by atoms with Crippen LogP contribution >= 0.6 is 0 Å². The van der Waals surface area contributed by atoms with Gasteiger partial charge in [0.05, 0.1) is 0 Å². The van der Waals surface area contributed by atoms with Gasteiger partial charge in [0.25, 0.3) is 0 Å². The molecule has 0 saturated carbocycles. The van der Waals surface area contributed by atoms with E-state index in [0.29, 0.717) is 11.6 Å². The zero-order valence-corrected chi connectivity index (χ0v) is 5.87. The first-order chi connectivity index (χ1) is 4.83. The largest absolute Gasteiger partial charge is 0.381 e. The molecule has 1 aromatic rings. The van der Waals surface area contributed by atoms with Crippen LogP contribution in [-0.2, 0) is 0 Å². The van der Waals surface area contributed by atoms with E-state index >= 15 is 0 Å². The van der Waals surface area contributed by atoms with E-state index in [1.165, 1.54) is 0 Å². The summed E-state index contributed by atoms with van der Waals surface area (Å²) in [6, 6.07) is 1.69. The standard InChI is InChI=1S/C7H10N2O/c1-2-3-4-6-5-7(8)9-10-6/h3-5H,2H2,1H3,(H2,8,9)/b4-3+. The SMILES string of the molecule is CC/C=C/c1cc(N)no1. The third-order valence-corrected chi connectivity index (χ3v) is 1.06. The molecule has 0 spiro atoms. The number of hydrogen-bond acceptors (Lipinski definition) is 3. The van der Waals surface area contributed by atoms with Crippen molar-refractivity contribution in [2.24, 2.45) is 0 Å². The topological polar surface area (TPSA) is 52.0 Å². The number of hydrogen-bond donors (Lipinski definition) is 1. The molecule has 1 rings (SSSR count). The van der Waals surface area contributed by atoms with Crippen LogP contribution in [0.2, 0.25) is 0 Å². The van der Waals surface area contributed by atoms with E-state index in [9.17, 15) is 0 Å². The highest BCUT2D eigenvalue weighted by atomic mass is 16.5. The molecule has 0 fully saturated rings. The van der Waals surface area contributed by atoms with Gasteiger partial charge in [-0.15, -0.1) is 0 Å². The summed E-state index contributed by atoms with van der Waals surface area (Å²) in [6.07, 6.45) is 4.82. The van der Waals surface area contributed by atoms with Crippen LogP contribution in [0.1, 0.15) is 19.1 Å². The van der Waals surface area contributed by atoms with Crippen LogP contribution < -0.4 is 5.73 Å². The molecule has 0 unspecified atom stereocenters. The van der Waals surface area contributed by atoms with Gasteiger partial charge in [0.1, 0.15) is 0 Å². The van der Waals surface area contributed by atoms with E-state index in [1.807, 2.05) is 12.2 Å². The highest BCUT2D eigenvalue weighted by Crippen LogP contribution is 2.06. The average Bonchev–Trinajstić information content (AvgIpc) is 2.31. The van der Waals surface area contributed by atoms with Gasteiger partial charge in [-0.2, -0.15) is 0 Å². The summed E-state index contributed by atoms with van der Waals surface area (Å²) in [4.78, 5) is 0. The Morgan fingerprint density at radius 2 is 2.60 bits per heavy atom. The lowest BCUT2D eigenvalue weighted by Crippen LogP contribution is -1.79. The average molecular weight is 138 g/mol. The maximum atomic E-state index is 5.31. The molecule has 0 aliphatic heterocycles. The van der Waals surface area contributed by atoms with Crippen molar-refractivity contribution >= 4 is 11.9 Å². The van der Waals surface area contributed by atoms with Gasteiger partial charge in [-0.3, -0.25) is 0 Å². The van der Waals surface area contributed by atoms with Crippen LogP contribution in [-0.4, -0.2) is 5.16 Å². The van der Waals surface area contributed by atoms with Crippen molar-refractivity contribution < 1.29 is 4.52 Å². The Hall–Kier alpha value is -1.25. The summed E-state index contributed by atoms with van der Waals surface area (Å²) in [6.45, 7) is 2.05.